The number of aromatic nitrogens is 2. The van der Waals surface area contributed by atoms with E-state index in [1.807, 2.05) is 12.1 Å². The van der Waals surface area contributed by atoms with Crippen LogP contribution in [0.5, 0.6) is 5.75 Å². The summed E-state index contributed by atoms with van der Waals surface area (Å²) in [6, 6.07) is 5.99. The van der Waals surface area contributed by atoms with Gasteiger partial charge in [0, 0.05) is 11.8 Å². The fourth-order valence-electron chi connectivity index (χ4n) is 1.64. The van der Waals surface area contributed by atoms with Crippen molar-refractivity contribution >= 4 is 15.9 Å². The number of nitrogens with zero attached hydrogens (tertiary/aromatic N) is 2. The Hall–Kier alpha value is -1.42. The Balaban J connectivity index is 2.62. The zero-order valence-electron chi connectivity index (χ0n) is 9.99. The summed E-state index contributed by atoms with van der Waals surface area (Å²) in [6.07, 6.45) is 1.72. The highest BCUT2D eigenvalue weighted by Crippen LogP contribution is 2.31. The van der Waals surface area contributed by atoms with Crippen LogP contribution in [0.15, 0.2) is 29.1 Å². The molecule has 88 valence electrons. The van der Waals surface area contributed by atoms with Crippen LogP contribution in [-0.2, 0) is 0 Å². The molecule has 1 aromatic heterocycles. The molecule has 0 atom stereocenters. The molecule has 1 heterocycles. The predicted molar refractivity (Wildman–Crippen MR) is 71.2 cm³/mol. The standard InChI is InChI=1S/C13H13BrN2O/c1-8-6-10(12(17-3)7-9(8)2)11-4-5-15-13(14)16-11/h4-7H,1-3H3. The van der Waals surface area contributed by atoms with Crippen LogP contribution in [0.3, 0.4) is 0 Å². The van der Waals surface area contributed by atoms with Crippen LogP contribution in [0.4, 0.5) is 0 Å². The van der Waals surface area contributed by atoms with Gasteiger partial charge in [0.25, 0.3) is 0 Å². The predicted octanol–water partition coefficient (Wildman–Crippen LogP) is 3.53. The lowest BCUT2D eigenvalue weighted by Gasteiger charge is -2.11. The summed E-state index contributed by atoms with van der Waals surface area (Å²) in [7, 11) is 1.67. The summed E-state index contributed by atoms with van der Waals surface area (Å²) in [4.78, 5) is 8.37. The summed E-state index contributed by atoms with van der Waals surface area (Å²) in [5.74, 6) is 0.832. The Kier molecular flexibility index (Phi) is 3.43. The lowest BCUT2D eigenvalue weighted by atomic mass is 10.0. The van der Waals surface area contributed by atoms with Crippen molar-refractivity contribution in [1.82, 2.24) is 9.97 Å². The van der Waals surface area contributed by atoms with E-state index in [0.717, 1.165) is 17.0 Å². The highest BCUT2D eigenvalue weighted by atomic mass is 79.9. The topological polar surface area (TPSA) is 35.0 Å². The molecule has 0 aliphatic heterocycles. The Morgan fingerprint density at radius 2 is 1.88 bits per heavy atom. The molecule has 2 rings (SSSR count). The van der Waals surface area contributed by atoms with Crippen molar-refractivity contribution in [3.63, 3.8) is 0 Å². The van der Waals surface area contributed by atoms with Crippen molar-refractivity contribution < 1.29 is 4.74 Å². The zero-order valence-corrected chi connectivity index (χ0v) is 11.6. The zero-order chi connectivity index (χ0) is 12.4. The summed E-state index contributed by atoms with van der Waals surface area (Å²) < 4.78 is 5.98. The largest absolute Gasteiger partial charge is 0.496 e. The average Bonchev–Trinajstić information content (AvgIpc) is 2.32. The van der Waals surface area contributed by atoms with Gasteiger partial charge in [-0.15, -0.1) is 0 Å². The number of methoxy groups -OCH3 is 1. The van der Waals surface area contributed by atoms with Gasteiger partial charge in [-0.1, -0.05) is 0 Å². The van der Waals surface area contributed by atoms with Crippen molar-refractivity contribution in [2.24, 2.45) is 0 Å². The molecule has 0 saturated heterocycles. The van der Waals surface area contributed by atoms with Gasteiger partial charge in [0.2, 0.25) is 0 Å². The molecule has 3 nitrogen and oxygen atoms in total. The Morgan fingerprint density at radius 1 is 1.18 bits per heavy atom. The van der Waals surface area contributed by atoms with E-state index < -0.39 is 0 Å². The summed E-state index contributed by atoms with van der Waals surface area (Å²) in [5.41, 5.74) is 4.26. The molecule has 0 aliphatic carbocycles. The second kappa shape index (κ2) is 4.84. The molecule has 0 amide bonds. The minimum Gasteiger partial charge on any atom is -0.496 e. The van der Waals surface area contributed by atoms with Crippen LogP contribution >= 0.6 is 15.9 Å². The molecule has 0 aliphatic rings. The second-order valence-corrected chi connectivity index (χ2v) is 4.56. The van der Waals surface area contributed by atoms with E-state index >= 15 is 0 Å². The molecule has 0 spiro atoms. The molecule has 0 fully saturated rings. The lowest BCUT2D eigenvalue weighted by molar-refractivity contribution is 0.416. The first kappa shape index (κ1) is 12.0. The first-order chi connectivity index (χ1) is 8.11. The number of hydrogen-bond donors (Lipinski definition) is 0. The van der Waals surface area contributed by atoms with E-state index in [2.05, 4.69) is 45.8 Å². The SMILES string of the molecule is COc1cc(C)c(C)cc1-c1ccnc(Br)n1. The highest BCUT2D eigenvalue weighted by molar-refractivity contribution is 9.10. The smallest absolute Gasteiger partial charge is 0.197 e. The maximum Gasteiger partial charge on any atom is 0.197 e. The fourth-order valence-corrected chi connectivity index (χ4v) is 1.95. The van der Waals surface area contributed by atoms with Gasteiger partial charge in [0.15, 0.2) is 4.73 Å². The van der Waals surface area contributed by atoms with Crippen LogP contribution in [0, 0.1) is 13.8 Å². The third-order valence-electron chi connectivity index (χ3n) is 2.72. The Morgan fingerprint density at radius 3 is 2.53 bits per heavy atom. The number of halogens is 1. The quantitative estimate of drug-likeness (QED) is 0.794. The highest BCUT2D eigenvalue weighted by Gasteiger charge is 2.09. The van der Waals surface area contributed by atoms with Gasteiger partial charge in [-0.3, -0.25) is 0 Å². The maximum absolute atomic E-state index is 5.40. The summed E-state index contributed by atoms with van der Waals surface area (Å²) >= 11 is 3.28. The number of aryl methyl sites for hydroxylation is 2. The number of benzene rings is 1. The van der Waals surface area contributed by atoms with E-state index in [1.165, 1.54) is 11.1 Å². The second-order valence-electron chi connectivity index (χ2n) is 3.85. The fraction of sp³-hybridized carbons (Fsp3) is 0.231. The van der Waals surface area contributed by atoms with E-state index in [9.17, 15) is 0 Å². The molecule has 1 aromatic carbocycles. The third-order valence-corrected chi connectivity index (χ3v) is 3.10. The molecule has 0 unspecified atom stereocenters. The number of rotatable bonds is 2. The van der Waals surface area contributed by atoms with Crippen LogP contribution in [0.1, 0.15) is 11.1 Å². The first-order valence-corrected chi connectivity index (χ1v) is 6.05. The first-order valence-electron chi connectivity index (χ1n) is 5.26. The number of ether oxygens (including phenoxy) is 1. The summed E-state index contributed by atoms with van der Waals surface area (Å²) in [5, 5.41) is 0. The van der Waals surface area contributed by atoms with E-state index in [0.29, 0.717) is 4.73 Å². The Bertz CT molecular complexity index is 555. The lowest BCUT2D eigenvalue weighted by Crippen LogP contribution is -1.94. The number of hydrogen-bond acceptors (Lipinski definition) is 3. The van der Waals surface area contributed by atoms with Gasteiger partial charge < -0.3 is 4.74 Å². The van der Waals surface area contributed by atoms with Crippen LogP contribution in [0.2, 0.25) is 0 Å². The molecule has 0 bridgehead atoms. The van der Waals surface area contributed by atoms with Crippen LogP contribution < -0.4 is 4.74 Å². The molecular formula is C13H13BrN2O. The minimum atomic E-state index is 0.579. The van der Waals surface area contributed by atoms with Crippen molar-refractivity contribution in [2.45, 2.75) is 13.8 Å². The molecule has 0 saturated carbocycles. The van der Waals surface area contributed by atoms with E-state index in [1.54, 1.807) is 13.3 Å². The monoisotopic (exact) mass is 292 g/mol. The molecule has 2 aromatic rings. The van der Waals surface area contributed by atoms with Gasteiger partial charge in [0.1, 0.15) is 5.75 Å². The van der Waals surface area contributed by atoms with E-state index in [4.69, 9.17) is 4.74 Å². The maximum atomic E-state index is 5.40. The molecule has 0 radical (unpaired) electrons. The third kappa shape index (κ3) is 2.47. The average molecular weight is 293 g/mol. The van der Waals surface area contributed by atoms with Gasteiger partial charge in [-0.25, -0.2) is 9.97 Å². The van der Waals surface area contributed by atoms with Gasteiger partial charge in [-0.2, -0.15) is 0 Å². The van der Waals surface area contributed by atoms with Gasteiger partial charge in [0.05, 0.1) is 12.8 Å². The van der Waals surface area contributed by atoms with Crippen molar-refractivity contribution in [3.05, 3.63) is 40.3 Å². The van der Waals surface area contributed by atoms with Gasteiger partial charge >= 0.3 is 0 Å². The molecule has 17 heavy (non-hydrogen) atoms. The molecular weight excluding hydrogens is 280 g/mol. The van der Waals surface area contributed by atoms with E-state index in [-0.39, 0.29) is 0 Å². The van der Waals surface area contributed by atoms with Crippen molar-refractivity contribution in [2.75, 3.05) is 7.11 Å². The normalized spacial score (nSPS) is 10.4. The summed E-state index contributed by atoms with van der Waals surface area (Å²) in [6.45, 7) is 4.14. The van der Waals surface area contributed by atoms with Crippen molar-refractivity contribution in [3.8, 4) is 17.0 Å². The van der Waals surface area contributed by atoms with Crippen LogP contribution in [0.25, 0.3) is 11.3 Å². The van der Waals surface area contributed by atoms with Crippen LogP contribution in [-0.4, -0.2) is 17.1 Å². The van der Waals surface area contributed by atoms with Gasteiger partial charge in [-0.05, 0) is 59.1 Å². The minimum absolute atomic E-state index is 0.579. The molecule has 4 heteroatoms. The Labute approximate surface area is 109 Å². The van der Waals surface area contributed by atoms with Crippen molar-refractivity contribution in [1.29, 1.82) is 0 Å². The molecule has 0 N–H and O–H groups in total.